The number of nitrogens with zero attached hydrogens (tertiary/aromatic N) is 3. The number of aromatic nitrogens is 2. The molecule has 0 spiro atoms. The lowest BCUT2D eigenvalue weighted by Gasteiger charge is -2.30. The number of hydrogen-bond acceptors (Lipinski definition) is 6. The summed E-state index contributed by atoms with van der Waals surface area (Å²) in [5.74, 6) is 1.18. The third-order valence-electron chi connectivity index (χ3n) is 5.38. The number of rotatable bonds is 4. The predicted octanol–water partition coefficient (Wildman–Crippen LogP) is 3.90. The van der Waals surface area contributed by atoms with E-state index in [4.69, 9.17) is 4.52 Å². The van der Waals surface area contributed by atoms with Gasteiger partial charge in [-0.25, -0.2) is 4.98 Å². The van der Waals surface area contributed by atoms with Crippen LogP contribution in [0.25, 0.3) is 10.2 Å². The summed E-state index contributed by atoms with van der Waals surface area (Å²) in [6.45, 7) is 1.12. The Hall–Kier alpha value is -2.54. The Morgan fingerprint density at radius 1 is 1.11 bits per heavy atom. The van der Waals surface area contributed by atoms with E-state index in [2.05, 4.69) is 10.1 Å². The highest BCUT2D eigenvalue weighted by atomic mass is 32.1. The Kier molecular flexibility index (Phi) is 4.04. The monoisotopic (exact) mass is 381 g/mol. The van der Waals surface area contributed by atoms with Crippen molar-refractivity contribution in [2.24, 2.45) is 5.92 Å². The fourth-order valence-electron chi connectivity index (χ4n) is 3.61. The van der Waals surface area contributed by atoms with E-state index in [1.807, 2.05) is 24.3 Å². The number of likely N-dealkylation sites (tertiary alicyclic amines) is 1. The molecule has 0 radical (unpaired) electrons. The Balaban J connectivity index is 1.23. The lowest BCUT2D eigenvalue weighted by Crippen LogP contribution is -2.40. The summed E-state index contributed by atoms with van der Waals surface area (Å²) in [5, 5.41) is 4.51. The zero-order valence-corrected chi connectivity index (χ0v) is 15.6. The molecular formula is C20H19N3O3S. The van der Waals surface area contributed by atoms with Gasteiger partial charge in [-0.1, -0.05) is 17.3 Å². The first-order valence-corrected chi connectivity index (χ1v) is 10.2. The molecule has 1 aliphatic carbocycles. The average Bonchev–Trinajstić information content (AvgIpc) is 3.28. The van der Waals surface area contributed by atoms with Gasteiger partial charge in [0.2, 0.25) is 0 Å². The molecule has 1 amide bonds. The SMILES string of the molecule is O=C(c1nc2ccccc2s1)C1CCN(C(=O)c2cc(C3CC3)on2)CC1. The molecule has 3 heterocycles. The second-order valence-electron chi connectivity index (χ2n) is 7.31. The van der Waals surface area contributed by atoms with Crippen molar-refractivity contribution in [3.63, 3.8) is 0 Å². The largest absolute Gasteiger partial charge is 0.360 e. The van der Waals surface area contributed by atoms with E-state index in [1.165, 1.54) is 11.3 Å². The van der Waals surface area contributed by atoms with Gasteiger partial charge >= 0.3 is 0 Å². The van der Waals surface area contributed by atoms with Crippen molar-refractivity contribution in [1.29, 1.82) is 0 Å². The summed E-state index contributed by atoms with van der Waals surface area (Å²) >= 11 is 1.45. The molecule has 0 N–H and O–H groups in total. The molecule has 1 saturated heterocycles. The maximum atomic E-state index is 12.8. The van der Waals surface area contributed by atoms with Crippen LogP contribution >= 0.6 is 11.3 Å². The van der Waals surface area contributed by atoms with E-state index in [1.54, 1.807) is 11.0 Å². The van der Waals surface area contributed by atoms with Gasteiger partial charge in [0.25, 0.3) is 5.91 Å². The molecule has 7 heteroatoms. The summed E-state index contributed by atoms with van der Waals surface area (Å²) in [7, 11) is 0. The van der Waals surface area contributed by atoms with Gasteiger partial charge in [-0.15, -0.1) is 11.3 Å². The van der Waals surface area contributed by atoms with Crippen LogP contribution in [-0.4, -0.2) is 39.8 Å². The lowest BCUT2D eigenvalue weighted by atomic mass is 9.92. The van der Waals surface area contributed by atoms with E-state index in [9.17, 15) is 9.59 Å². The van der Waals surface area contributed by atoms with Crippen LogP contribution in [0, 0.1) is 5.92 Å². The van der Waals surface area contributed by atoms with Gasteiger partial charge in [-0.2, -0.15) is 0 Å². The van der Waals surface area contributed by atoms with Crippen molar-refractivity contribution in [2.75, 3.05) is 13.1 Å². The molecule has 1 aromatic carbocycles. The van der Waals surface area contributed by atoms with Gasteiger partial charge in [-0.3, -0.25) is 9.59 Å². The number of thiazole rings is 1. The van der Waals surface area contributed by atoms with Crippen molar-refractivity contribution < 1.29 is 14.1 Å². The number of carbonyl (C=O) groups is 2. The fraction of sp³-hybridized carbons (Fsp3) is 0.400. The third kappa shape index (κ3) is 3.16. The quantitative estimate of drug-likeness (QED) is 0.641. The second-order valence-corrected chi connectivity index (χ2v) is 8.34. The van der Waals surface area contributed by atoms with Crippen LogP contribution in [0.1, 0.15) is 57.7 Å². The van der Waals surface area contributed by atoms with E-state index in [0.29, 0.717) is 42.6 Å². The van der Waals surface area contributed by atoms with Crippen LogP contribution < -0.4 is 0 Å². The van der Waals surface area contributed by atoms with Crippen molar-refractivity contribution in [3.05, 3.63) is 46.8 Å². The summed E-state index contributed by atoms with van der Waals surface area (Å²) in [4.78, 5) is 31.7. The molecule has 2 aromatic heterocycles. The smallest absolute Gasteiger partial charge is 0.276 e. The Bertz CT molecular complexity index is 979. The number of ketones is 1. The van der Waals surface area contributed by atoms with E-state index in [-0.39, 0.29) is 17.6 Å². The van der Waals surface area contributed by atoms with Gasteiger partial charge in [0.1, 0.15) is 5.76 Å². The maximum absolute atomic E-state index is 12.8. The fourth-order valence-corrected chi connectivity index (χ4v) is 4.59. The standard InChI is InChI=1S/C20H19N3O3S/c24-18(19-21-14-3-1-2-4-17(14)27-19)13-7-9-23(10-8-13)20(25)15-11-16(26-22-15)12-5-6-12/h1-4,11-13H,5-10H2. The number of carbonyl (C=O) groups excluding carboxylic acids is 2. The molecule has 138 valence electrons. The van der Waals surface area contributed by atoms with Crippen LogP contribution in [0.5, 0.6) is 0 Å². The number of para-hydroxylation sites is 1. The van der Waals surface area contributed by atoms with Gasteiger partial charge in [-0.05, 0) is 37.8 Å². The van der Waals surface area contributed by atoms with Gasteiger partial charge in [0.05, 0.1) is 10.2 Å². The average molecular weight is 381 g/mol. The molecule has 1 saturated carbocycles. The van der Waals surface area contributed by atoms with Crippen molar-refractivity contribution >= 4 is 33.2 Å². The van der Waals surface area contributed by atoms with E-state index in [0.717, 1.165) is 28.8 Å². The number of piperidine rings is 1. The van der Waals surface area contributed by atoms with Gasteiger partial charge in [0, 0.05) is 31.0 Å². The highest BCUT2D eigenvalue weighted by Crippen LogP contribution is 2.40. The first kappa shape index (κ1) is 16.6. The molecule has 2 aliphatic rings. The first-order valence-electron chi connectivity index (χ1n) is 9.35. The van der Waals surface area contributed by atoms with E-state index < -0.39 is 0 Å². The highest BCUT2D eigenvalue weighted by molar-refractivity contribution is 7.20. The van der Waals surface area contributed by atoms with E-state index >= 15 is 0 Å². The maximum Gasteiger partial charge on any atom is 0.276 e. The van der Waals surface area contributed by atoms with Crippen LogP contribution in [0.2, 0.25) is 0 Å². The third-order valence-corrected chi connectivity index (χ3v) is 6.44. The summed E-state index contributed by atoms with van der Waals surface area (Å²) in [6.07, 6.45) is 3.55. The number of Topliss-reactive ketones (excluding diaryl/α,β-unsaturated/α-hetero) is 1. The molecular weight excluding hydrogens is 362 g/mol. The summed E-state index contributed by atoms with van der Waals surface area (Å²) in [5.41, 5.74) is 1.25. The van der Waals surface area contributed by atoms with Gasteiger partial charge < -0.3 is 9.42 Å². The number of amides is 1. The van der Waals surface area contributed by atoms with Crippen molar-refractivity contribution in [2.45, 2.75) is 31.6 Å². The minimum Gasteiger partial charge on any atom is -0.360 e. The number of hydrogen-bond donors (Lipinski definition) is 0. The Morgan fingerprint density at radius 3 is 2.63 bits per heavy atom. The van der Waals surface area contributed by atoms with Crippen molar-refractivity contribution in [1.82, 2.24) is 15.0 Å². The first-order chi connectivity index (χ1) is 13.2. The highest BCUT2D eigenvalue weighted by Gasteiger charge is 2.33. The molecule has 0 unspecified atom stereocenters. The van der Waals surface area contributed by atoms with Crippen LogP contribution in [0.4, 0.5) is 0 Å². The predicted molar refractivity (Wildman–Crippen MR) is 101 cm³/mol. The lowest BCUT2D eigenvalue weighted by molar-refractivity contribution is 0.0642. The zero-order chi connectivity index (χ0) is 18.4. The van der Waals surface area contributed by atoms with Crippen LogP contribution in [0.15, 0.2) is 34.9 Å². The van der Waals surface area contributed by atoms with Gasteiger partial charge in [0.15, 0.2) is 16.5 Å². The molecule has 1 aliphatic heterocycles. The molecule has 27 heavy (non-hydrogen) atoms. The molecule has 2 fully saturated rings. The van der Waals surface area contributed by atoms with Crippen LogP contribution in [-0.2, 0) is 0 Å². The minimum absolute atomic E-state index is 0.0750. The Labute approximate surface area is 160 Å². The minimum atomic E-state index is -0.100. The molecule has 0 bridgehead atoms. The normalized spacial score (nSPS) is 18.1. The van der Waals surface area contributed by atoms with Crippen molar-refractivity contribution in [3.8, 4) is 0 Å². The second kappa shape index (κ2) is 6.56. The topological polar surface area (TPSA) is 76.3 Å². The Morgan fingerprint density at radius 2 is 1.89 bits per heavy atom. The molecule has 5 rings (SSSR count). The molecule has 0 atom stereocenters. The molecule has 3 aromatic rings. The number of fused-ring (bicyclic) bond motifs is 1. The molecule has 6 nitrogen and oxygen atoms in total. The van der Waals surface area contributed by atoms with Crippen LogP contribution in [0.3, 0.4) is 0 Å². The number of benzene rings is 1. The summed E-state index contributed by atoms with van der Waals surface area (Å²) < 4.78 is 6.32. The summed E-state index contributed by atoms with van der Waals surface area (Å²) in [6, 6.07) is 9.57. The zero-order valence-electron chi connectivity index (χ0n) is 14.8.